The summed E-state index contributed by atoms with van der Waals surface area (Å²) in [5, 5.41) is 0. The zero-order valence-corrected chi connectivity index (χ0v) is 7.40. The maximum Gasteiger partial charge on any atom is 0.238 e. The summed E-state index contributed by atoms with van der Waals surface area (Å²) in [6.45, 7) is 0.199. The van der Waals surface area contributed by atoms with Gasteiger partial charge in [0.15, 0.2) is 11.5 Å². The Morgan fingerprint density at radius 3 is 2.79 bits per heavy atom. The van der Waals surface area contributed by atoms with E-state index >= 15 is 0 Å². The number of rotatable bonds is 2. The number of hydrogen-bond donors (Lipinski definition) is 2. The highest BCUT2D eigenvalue weighted by atomic mass is 16.7. The normalized spacial score (nSPS) is 15.2. The van der Waals surface area contributed by atoms with E-state index in [2.05, 4.69) is 0 Å². The van der Waals surface area contributed by atoms with Crippen LogP contribution in [0.5, 0.6) is 11.5 Å². The second-order valence-corrected chi connectivity index (χ2v) is 2.99. The Balaban J connectivity index is 2.33. The first-order valence-electron chi connectivity index (χ1n) is 4.13. The van der Waals surface area contributed by atoms with Gasteiger partial charge in [0, 0.05) is 0 Å². The van der Waals surface area contributed by atoms with E-state index in [9.17, 15) is 4.79 Å². The maximum atomic E-state index is 10.8. The molecule has 1 aromatic carbocycles. The second kappa shape index (κ2) is 3.19. The average Bonchev–Trinajstić information content (AvgIpc) is 2.62. The van der Waals surface area contributed by atoms with E-state index in [1.165, 1.54) is 0 Å². The Labute approximate surface area is 80.6 Å². The molecule has 0 spiro atoms. The lowest BCUT2D eigenvalue weighted by Gasteiger charge is -2.07. The van der Waals surface area contributed by atoms with Crippen molar-refractivity contribution in [2.75, 3.05) is 6.79 Å². The van der Waals surface area contributed by atoms with Crippen molar-refractivity contribution in [1.29, 1.82) is 0 Å². The van der Waals surface area contributed by atoms with E-state index in [4.69, 9.17) is 20.9 Å². The molecular weight excluding hydrogens is 184 g/mol. The molecular formula is C9H10N2O3. The number of fused-ring (bicyclic) bond motifs is 1. The number of benzene rings is 1. The summed E-state index contributed by atoms with van der Waals surface area (Å²) in [6.07, 6.45) is 0. The fourth-order valence-corrected chi connectivity index (χ4v) is 1.27. The first-order valence-corrected chi connectivity index (χ1v) is 4.13. The van der Waals surface area contributed by atoms with Crippen molar-refractivity contribution in [3.8, 4) is 11.5 Å². The predicted octanol–water partition coefficient (Wildman–Crippen LogP) is -0.0996. The Morgan fingerprint density at radius 1 is 1.36 bits per heavy atom. The molecule has 1 aliphatic heterocycles. The Bertz CT molecular complexity index is 378. The molecule has 0 unspecified atom stereocenters. The van der Waals surface area contributed by atoms with Gasteiger partial charge in [-0.3, -0.25) is 4.79 Å². The van der Waals surface area contributed by atoms with Crippen LogP contribution in [-0.2, 0) is 4.79 Å². The molecule has 1 aliphatic rings. The molecule has 4 N–H and O–H groups in total. The van der Waals surface area contributed by atoms with E-state index in [1.807, 2.05) is 0 Å². The summed E-state index contributed by atoms with van der Waals surface area (Å²) >= 11 is 0. The van der Waals surface area contributed by atoms with Crippen LogP contribution in [0, 0.1) is 0 Å². The van der Waals surface area contributed by atoms with Gasteiger partial charge in [-0.15, -0.1) is 0 Å². The first-order chi connectivity index (χ1) is 6.68. The van der Waals surface area contributed by atoms with Crippen molar-refractivity contribution in [2.45, 2.75) is 6.04 Å². The van der Waals surface area contributed by atoms with Crippen molar-refractivity contribution in [3.05, 3.63) is 23.8 Å². The number of carbonyl (C=O) groups is 1. The van der Waals surface area contributed by atoms with Crippen molar-refractivity contribution in [1.82, 2.24) is 0 Å². The number of carbonyl (C=O) groups excluding carboxylic acids is 1. The van der Waals surface area contributed by atoms with Gasteiger partial charge in [0.05, 0.1) is 0 Å². The molecule has 2 rings (SSSR count). The number of nitrogens with two attached hydrogens (primary N) is 2. The fourth-order valence-electron chi connectivity index (χ4n) is 1.27. The van der Waals surface area contributed by atoms with E-state index in [0.717, 1.165) is 0 Å². The van der Waals surface area contributed by atoms with Gasteiger partial charge in [0.2, 0.25) is 12.7 Å². The molecule has 0 aromatic heterocycles. The van der Waals surface area contributed by atoms with E-state index in [-0.39, 0.29) is 6.79 Å². The molecule has 0 fully saturated rings. The van der Waals surface area contributed by atoms with Crippen LogP contribution in [0.1, 0.15) is 11.6 Å². The molecule has 1 aromatic rings. The molecule has 0 saturated heterocycles. The highest BCUT2D eigenvalue weighted by Gasteiger charge is 2.18. The third-order valence-corrected chi connectivity index (χ3v) is 2.06. The van der Waals surface area contributed by atoms with Gasteiger partial charge in [0.1, 0.15) is 6.04 Å². The first kappa shape index (κ1) is 8.83. The van der Waals surface area contributed by atoms with Gasteiger partial charge >= 0.3 is 0 Å². The average molecular weight is 194 g/mol. The van der Waals surface area contributed by atoms with Crippen LogP contribution >= 0.6 is 0 Å². The molecule has 0 aliphatic carbocycles. The van der Waals surface area contributed by atoms with E-state index in [1.54, 1.807) is 18.2 Å². The van der Waals surface area contributed by atoms with Crippen LogP contribution in [0.4, 0.5) is 0 Å². The Kier molecular flexibility index (Phi) is 2.01. The van der Waals surface area contributed by atoms with Gasteiger partial charge in [-0.1, -0.05) is 6.07 Å². The van der Waals surface area contributed by atoms with Gasteiger partial charge in [-0.05, 0) is 17.7 Å². The smallest absolute Gasteiger partial charge is 0.238 e. The predicted molar refractivity (Wildman–Crippen MR) is 48.7 cm³/mol. The lowest BCUT2D eigenvalue weighted by molar-refractivity contribution is -0.119. The molecule has 0 radical (unpaired) electrons. The van der Waals surface area contributed by atoms with Crippen molar-refractivity contribution in [3.63, 3.8) is 0 Å². The maximum absolute atomic E-state index is 10.8. The monoisotopic (exact) mass is 194 g/mol. The topological polar surface area (TPSA) is 87.6 Å². The Morgan fingerprint density at radius 2 is 2.07 bits per heavy atom. The van der Waals surface area contributed by atoms with E-state index in [0.29, 0.717) is 17.1 Å². The quantitative estimate of drug-likeness (QED) is 0.688. The van der Waals surface area contributed by atoms with Gasteiger partial charge in [0.25, 0.3) is 0 Å². The third kappa shape index (κ3) is 1.38. The minimum absolute atomic E-state index is 0.199. The number of amides is 1. The van der Waals surface area contributed by atoms with Crippen molar-refractivity contribution >= 4 is 5.91 Å². The summed E-state index contributed by atoms with van der Waals surface area (Å²) in [6, 6.07) is 4.27. The lowest BCUT2D eigenvalue weighted by Crippen LogP contribution is -2.28. The highest BCUT2D eigenvalue weighted by molar-refractivity contribution is 5.81. The molecule has 0 saturated carbocycles. The third-order valence-electron chi connectivity index (χ3n) is 2.06. The summed E-state index contributed by atoms with van der Waals surface area (Å²) in [4.78, 5) is 10.8. The van der Waals surface area contributed by atoms with Crippen molar-refractivity contribution in [2.24, 2.45) is 11.5 Å². The highest BCUT2D eigenvalue weighted by Crippen LogP contribution is 2.33. The summed E-state index contributed by atoms with van der Waals surface area (Å²) in [5.74, 6) is 0.688. The van der Waals surface area contributed by atoms with Crippen LogP contribution in [0.15, 0.2) is 18.2 Å². The van der Waals surface area contributed by atoms with Crippen LogP contribution < -0.4 is 20.9 Å². The lowest BCUT2D eigenvalue weighted by atomic mass is 10.1. The van der Waals surface area contributed by atoms with Gasteiger partial charge < -0.3 is 20.9 Å². The minimum Gasteiger partial charge on any atom is -0.454 e. The standard InChI is InChI=1S/C9H10N2O3/c10-8(9(11)12)5-1-2-6-7(3-5)14-4-13-6/h1-3,8H,4,10H2,(H2,11,12)/t8-/m0/s1. The van der Waals surface area contributed by atoms with Gasteiger partial charge in [-0.2, -0.15) is 0 Å². The molecule has 1 amide bonds. The summed E-state index contributed by atoms with van der Waals surface area (Å²) in [5.41, 5.74) is 11.3. The van der Waals surface area contributed by atoms with E-state index < -0.39 is 11.9 Å². The molecule has 1 atom stereocenters. The molecule has 74 valence electrons. The van der Waals surface area contributed by atoms with Gasteiger partial charge in [-0.25, -0.2) is 0 Å². The zero-order valence-electron chi connectivity index (χ0n) is 7.40. The minimum atomic E-state index is -0.801. The Hall–Kier alpha value is -1.75. The van der Waals surface area contributed by atoms with Crippen LogP contribution in [0.2, 0.25) is 0 Å². The molecule has 14 heavy (non-hydrogen) atoms. The van der Waals surface area contributed by atoms with Crippen molar-refractivity contribution < 1.29 is 14.3 Å². The number of ether oxygens (including phenoxy) is 2. The second-order valence-electron chi connectivity index (χ2n) is 2.99. The SMILES string of the molecule is NC(=O)[C@@H](N)c1ccc2c(c1)OCO2. The van der Waals surface area contributed by atoms with Crippen LogP contribution in [0.25, 0.3) is 0 Å². The van der Waals surface area contributed by atoms with Crippen LogP contribution in [-0.4, -0.2) is 12.7 Å². The molecule has 5 nitrogen and oxygen atoms in total. The zero-order chi connectivity index (χ0) is 10.1. The molecule has 1 heterocycles. The summed E-state index contributed by atoms with van der Waals surface area (Å²) < 4.78 is 10.3. The number of hydrogen-bond acceptors (Lipinski definition) is 4. The fraction of sp³-hybridized carbons (Fsp3) is 0.222. The molecule has 0 bridgehead atoms. The largest absolute Gasteiger partial charge is 0.454 e. The molecule has 5 heteroatoms. The summed E-state index contributed by atoms with van der Waals surface area (Å²) in [7, 11) is 0. The number of primary amides is 1. The van der Waals surface area contributed by atoms with Crippen LogP contribution in [0.3, 0.4) is 0 Å².